The molecule has 5 nitrogen and oxygen atoms in total. The van der Waals surface area contributed by atoms with Gasteiger partial charge < -0.3 is 25.0 Å². The minimum absolute atomic E-state index is 0.0508. The normalized spacial score (nSPS) is 17.7. The Labute approximate surface area is 125 Å². The Kier molecular flexibility index (Phi) is 5.85. The minimum Gasteiger partial charge on any atom is -0.490 e. The van der Waals surface area contributed by atoms with Gasteiger partial charge in [-0.3, -0.25) is 0 Å². The highest BCUT2D eigenvalue weighted by molar-refractivity contribution is 5.49. The second-order valence-electron chi connectivity index (χ2n) is 5.17. The van der Waals surface area contributed by atoms with Gasteiger partial charge in [0.1, 0.15) is 0 Å². The fraction of sp³-hybridized carbons (Fsp3) is 0.625. The van der Waals surface area contributed by atoms with Crippen molar-refractivity contribution in [3.8, 4) is 11.5 Å². The molecule has 1 aliphatic heterocycles. The van der Waals surface area contributed by atoms with Crippen LogP contribution < -0.4 is 14.8 Å². The van der Waals surface area contributed by atoms with Gasteiger partial charge in [-0.15, -0.1) is 0 Å². The van der Waals surface area contributed by atoms with Crippen LogP contribution in [-0.2, 0) is 6.42 Å². The topological polar surface area (TPSA) is 71.0 Å². The van der Waals surface area contributed by atoms with E-state index in [1.165, 1.54) is 5.56 Å². The van der Waals surface area contributed by atoms with Gasteiger partial charge in [-0.25, -0.2) is 0 Å². The summed E-state index contributed by atoms with van der Waals surface area (Å²) in [6.07, 6.45) is 0.905. The SMILES string of the molecule is CCOc1cc2c(cc1OCC)[C@H](C(CO)CO)NCC2. The highest BCUT2D eigenvalue weighted by Crippen LogP contribution is 2.37. The van der Waals surface area contributed by atoms with E-state index in [-0.39, 0.29) is 25.2 Å². The zero-order valence-corrected chi connectivity index (χ0v) is 12.8. The second kappa shape index (κ2) is 7.64. The van der Waals surface area contributed by atoms with Crippen LogP contribution in [0.1, 0.15) is 31.0 Å². The van der Waals surface area contributed by atoms with E-state index in [1.807, 2.05) is 26.0 Å². The molecule has 0 bridgehead atoms. The van der Waals surface area contributed by atoms with Crippen molar-refractivity contribution in [3.63, 3.8) is 0 Å². The molecule has 2 rings (SSSR count). The van der Waals surface area contributed by atoms with Gasteiger partial charge in [-0.2, -0.15) is 0 Å². The van der Waals surface area contributed by atoms with Crippen molar-refractivity contribution >= 4 is 0 Å². The van der Waals surface area contributed by atoms with Crippen molar-refractivity contribution in [3.05, 3.63) is 23.3 Å². The molecule has 0 amide bonds. The molecule has 0 aromatic heterocycles. The Morgan fingerprint density at radius 1 is 1.14 bits per heavy atom. The van der Waals surface area contributed by atoms with Crippen molar-refractivity contribution in [2.75, 3.05) is 33.0 Å². The van der Waals surface area contributed by atoms with Crippen LogP contribution in [0.15, 0.2) is 12.1 Å². The van der Waals surface area contributed by atoms with E-state index in [2.05, 4.69) is 5.32 Å². The fourth-order valence-electron chi connectivity index (χ4n) is 2.82. The lowest BCUT2D eigenvalue weighted by Gasteiger charge is -2.32. The number of hydrogen-bond acceptors (Lipinski definition) is 5. The molecule has 0 saturated carbocycles. The average molecular weight is 295 g/mol. The first kappa shape index (κ1) is 16.1. The van der Waals surface area contributed by atoms with E-state index in [4.69, 9.17) is 9.47 Å². The summed E-state index contributed by atoms with van der Waals surface area (Å²) in [6.45, 7) is 5.78. The number of rotatable bonds is 7. The van der Waals surface area contributed by atoms with Crippen LogP contribution >= 0.6 is 0 Å². The average Bonchev–Trinajstić information content (AvgIpc) is 2.50. The summed E-state index contributed by atoms with van der Waals surface area (Å²) >= 11 is 0. The predicted octanol–water partition coefficient (Wildman–Crippen LogP) is 1.27. The predicted molar refractivity (Wildman–Crippen MR) is 80.9 cm³/mol. The van der Waals surface area contributed by atoms with Gasteiger partial charge in [0.05, 0.1) is 13.2 Å². The quantitative estimate of drug-likeness (QED) is 0.707. The smallest absolute Gasteiger partial charge is 0.161 e. The molecule has 118 valence electrons. The molecule has 1 atom stereocenters. The summed E-state index contributed by atoms with van der Waals surface area (Å²) in [6, 6.07) is 3.96. The van der Waals surface area contributed by atoms with Crippen LogP contribution in [0.4, 0.5) is 0 Å². The third-order valence-corrected chi connectivity index (χ3v) is 3.84. The van der Waals surface area contributed by atoms with Crippen LogP contribution in [0.25, 0.3) is 0 Å². The molecule has 1 aromatic rings. The molecule has 1 aromatic carbocycles. The molecule has 0 saturated heterocycles. The van der Waals surface area contributed by atoms with Crippen LogP contribution in [0.3, 0.4) is 0 Å². The lowest BCUT2D eigenvalue weighted by atomic mass is 9.86. The van der Waals surface area contributed by atoms with Crippen molar-refractivity contribution in [2.45, 2.75) is 26.3 Å². The standard InChI is InChI=1S/C16H25NO4/c1-3-20-14-7-11-5-6-17-16(12(9-18)10-19)13(11)8-15(14)21-4-2/h7-8,12,16-19H,3-6,9-10H2,1-2H3/t16-/m0/s1. The van der Waals surface area contributed by atoms with Gasteiger partial charge >= 0.3 is 0 Å². The van der Waals surface area contributed by atoms with Gasteiger partial charge in [0, 0.05) is 25.2 Å². The maximum Gasteiger partial charge on any atom is 0.161 e. The first-order valence-electron chi connectivity index (χ1n) is 7.62. The third kappa shape index (κ3) is 3.48. The van der Waals surface area contributed by atoms with Gasteiger partial charge in [0.15, 0.2) is 11.5 Å². The molecule has 0 spiro atoms. The summed E-state index contributed by atoms with van der Waals surface area (Å²) in [5.41, 5.74) is 2.28. The Morgan fingerprint density at radius 3 is 2.33 bits per heavy atom. The molecule has 21 heavy (non-hydrogen) atoms. The lowest BCUT2D eigenvalue weighted by molar-refractivity contribution is 0.117. The van der Waals surface area contributed by atoms with Crippen molar-refractivity contribution < 1.29 is 19.7 Å². The van der Waals surface area contributed by atoms with Crippen LogP contribution in [0.2, 0.25) is 0 Å². The molecule has 3 N–H and O–H groups in total. The van der Waals surface area contributed by atoms with Crippen LogP contribution in [0, 0.1) is 5.92 Å². The number of nitrogens with one attached hydrogen (secondary N) is 1. The summed E-state index contributed by atoms with van der Waals surface area (Å²) in [4.78, 5) is 0. The van der Waals surface area contributed by atoms with Gasteiger partial charge in [-0.05, 0) is 50.1 Å². The van der Waals surface area contributed by atoms with Crippen molar-refractivity contribution in [2.24, 2.45) is 5.92 Å². The highest BCUT2D eigenvalue weighted by Gasteiger charge is 2.28. The van der Waals surface area contributed by atoms with E-state index in [1.54, 1.807) is 0 Å². The van der Waals surface area contributed by atoms with Crippen LogP contribution in [-0.4, -0.2) is 43.2 Å². The zero-order chi connectivity index (χ0) is 15.2. The second-order valence-corrected chi connectivity index (χ2v) is 5.17. The molecule has 1 aliphatic rings. The first-order chi connectivity index (χ1) is 10.2. The summed E-state index contributed by atoms with van der Waals surface area (Å²) in [7, 11) is 0. The number of aliphatic hydroxyl groups excluding tert-OH is 2. The molecule has 0 radical (unpaired) electrons. The Bertz CT molecular complexity index is 460. The molecular formula is C16H25NO4. The van der Waals surface area contributed by atoms with E-state index in [0.717, 1.165) is 30.0 Å². The Balaban J connectivity index is 2.40. The van der Waals surface area contributed by atoms with Gasteiger partial charge in [0.2, 0.25) is 0 Å². The lowest BCUT2D eigenvalue weighted by Crippen LogP contribution is -2.37. The Morgan fingerprint density at radius 2 is 1.76 bits per heavy atom. The molecular weight excluding hydrogens is 270 g/mol. The monoisotopic (exact) mass is 295 g/mol. The van der Waals surface area contributed by atoms with Gasteiger partial charge in [-0.1, -0.05) is 0 Å². The van der Waals surface area contributed by atoms with E-state index in [0.29, 0.717) is 13.2 Å². The number of hydrogen-bond donors (Lipinski definition) is 3. The molecule has 5 heteroatoms. The molecule has 0 fully saturated rings. The molecule has 0 unspecified atom stereocenters. The summed E-state index contributed by atoms with van der Waals surface area (Å²) < 4.78 is 11.3. The highest BCUT2D eigenvalue weighted by atomic mass is 16.5. The number of benzene rings is 1. The Hall–Kier alpha value is -1.30. The van der Waals surface area contributed by atoms with Gasteiger partial charge in [0.25, 0.3) is 0 Å². The van der Waals surface area contributed by atoms with E-state index in [9.17, 15) is 10.2 Å². The van der Waals surface area contributed by atoms with E-state index >= 15 is 0 Å². The number of fused-ring (bicyclic) bond motifs is 1. The molecule has 0 aliphatic carbocycles. The first-order valence-corrected chi connectivity index (χ1v) is 7.62. The fourth-order valence-corrected chi connectivity index (χ4v) is 2.82. The number of ether oxygens (including phenoxy) is 2. The largest absolute Gasteiger partial charge is 0.490 e. The maximum absolute atomic E-state index is 9.46. The number of aliphatic hydroxyl groups is 2. The maximum atomic E-state index is 9.46. The van der Waals surface area contributed by atoms with Crippen LogP contribution in [0.5, 0.6) is 11.5 Å². The van der Waals surface area contributed by atoms with Crippen molar-refractivity contribution in [1.29, 1.82) is 0 Å². The van der Waals surface area contributed by atoms with Crippen molar-refractivity contribution in [1.82, 2.24) is 5.32 Å². The minimum atomic E-state index is -0.212. The summed E-state index contributed by atoms with van der Waals surface area (Å²) in [5, 5.41) is 22.3. The van der Waals surface area contributed by atoms with E-state index < -0.39 is 0 Å². The third-order valence-electron chi connectivity index (χ3n) is 3.84. The molecule has 1 heterocycles. The zero-order valence-electron chi connectivity index (χ0n) is 12.8. The summed E-state index contributed by atoms with van der Waals surface area (Å²) in [5.74, 6) is 1.28.